The summed E-state index contributed by atoms with van der Waals surface area (Å²) in [4.78, 5) is 12.8. The van der Waals surface area contributed by atoms with Gasteiger partial charge < -0.3 is 5.73 Å². The Hall–Kier alpha value is -1.17. The molecule has 0 amide bonds. The van der Waals surface area contributed by atoms with Crippen LogP contribution in [0.1, 0.15) is 18.9 Å². The van der Waals surface area contributed by atoms with Crippen molar-refractivity contribution in [1.29, 1.82) is 0 Å². The molecule has 0 aliphatic carbocycles. The normalized spacial score (nSPS) is 24.4. The molecule has 0 radical (unpaired) electrons. The van der Waals surface area contributed by atoms with E-state index >= 15 is 0 Å². The number of benzene rings is 1. The average molecular weight is 284 g/mol. The van der Waals surface area contributed by atoms with Crippen LogP contribution < -0.4 is 5.73 Å². The van der Waals surface area contributed by atoms with Gasteiger partial charge in [-0.1, -0.05) is 24.6 Å². The number of nitro groups is 1. The summed E-state index contributed by atoms with van der Waals surface area (Å²) in [7, 11) is 0. The molecule has 0 aromatic heterocycles. The van der Waals surface area contributed by atoms with Gasteiger partial charge in [0.2, 0.25) is 0 Å². The van der Waals surface area contributed by atoms with Crippen LogP contribution in [0.5, 0.6) is 0 Å². The van der Waals surface area contributed by atoms with Gasteiger partial charge in [-0.25, -0.2) is 0 Å². The van der Waals surface area contributed by atoms with E-state index in [1.54, 1.807) is 12.1 Å². The second kappa shape index (κ2) is 5.86. The summed E-state index contributed by atoms with van der Waals surface area (Å²) >= 11 is 6.10. The molecule has 1 aromatic carbocycles. The molecule has 1 fully saturated rings. The molecule has 0 saturated carbocycles. The maximum Gasteiger partial charge on any atom is 0.275 e. The lowest BCUT2D eigenvalue weighted by Gasteiger charge is -2.35. The van der Waals surface area contributed by atoms with Gasteiger partial charge in [-0.05, 0) is 24.9 Å². The van der Waals surface area contributed by atoms with Gasteiger partial charge in [-0.3, -0.25) is 15.0 Å². The van der Waals surface area contributed by atoms with E-state index in [9.17, 15) is 10.1 Å². The Morgan fingerprint density at radius 3 is 2.95 bits per heavy atom. The zero-order valence-electron chi connectivity index (χ0n) is 10.9. The second-order valence-corrected chi connectivity index (χ2v) is 5.57. The fourth-order valence-corrected chi connectivity index (χ4v) is 2.72. The van der Waals surface area contributed by atoms with Crippen molar-refractivity contribution in [2.24, 2.45) is 11.7 Å². The molecule has 2 unspecified atom stereocenters. The number of hydrogen-bond acceptors (Lipinski definition) is 4. The van der Waals surface area contributed by atoms with Crippen molar-refractivity contribution in [2.45, 2.75) is 25.9 Å². The van der Waals surface area contributed by atoms with Crippen molar-refractivity contribution in [3.8, 4) is 0 Å². The van der Waals surface area contributed by atoms with Crippen LogP contribution in [0.15, 0.2) is 18.2 Å². The average Bonchev–Trinajstić information content (AvgIpc) is 2.36. The van der Waals surface area contributed by atoms with Gasteiger partial charge in [0.1, 0.15) is 0 Å². The van der Waals surface area contributed by atoms with Crippen LogP contribution in [0.25, 0.3) is 0 Å². The molecular weight excluding hydrogens is 266 g/mol. The Kier molecular flexibility index (Phi) is 4.39. The monoisotopic (exact) mass is 283 g/mol. The first-order chi connectivity index (χ1) is 8.99. The SMILES string of the molecule is CC1CN(Cc2c(Cl)cccc2[N+](=O)[O-])CCC1N. The number of nitro benzene ring substituents is 1. The number of piperidine rings is 1. The molecule has 2 atom stereocenters. The van der Waals surface area contributed by atoms with Crippen molar-refractivity contribution in [1.82, 2.24) is 4.90 Å². The summed E-state index contributed by atoms with van der Waals surface area (Å²) in [6.07, 6.45) is 0.916. The van der Waals surface area contributed by atoms with Gasteiger partial charge in [0.05, 0.1) is 15.5 Å². The first-order valence-corrected chi connectivity index (χ1v) is 6.76. The molecule has 2 N–H and O–H groups in total. The smallest absolute Gasteiger partial charge is 0.275 e. The molecule has 1 aromatic rings. The highest BCUT2D eigenvalue weighted by molar-refractivity contribution is 6.31. The van der Waals surface area contributed by atoms with Crippen LogP contribution in [-0.2, 0) is 6.54 Å². The van der Waals surface area contributed by atoms with Gasteiger partial charge in [0.25, 0.3) is 5.69 Å². The number of hydrogen-bond donors (Lipinski definition) is 1. The molecular formula is C13H18ClN3O2. The van der Waals surface area contributed by atoms with Gasteiger partial charge in [0.15, 0.2) is 0 Å². The lowest BCUT2D eigenvalue weighted by molar-refractivity contribution is -0.385. The Balaban J connectivity index is 2.17. The zero-order chi connectivity index (χ0) is 14.0. The van der Waals surface area contributed by atoms with Crippen LogP contribution in [-0.4, -0.2) is 29.0 Å². The molecule has 5 nitrogen and oxygen atoms in total. The molecule has 0 spiro atoms. The molecule has 0 bridgehead atoms. The summed E-state index contributed by atoms with van der Waals surface area (Å²) in [6.45, 7) is 4.32. The van der Waals surface area contributed by atoms with E-state index in [1.165, 1.54) is 6.07 Å². The van der Waals surface area contributed by atoms with E-state index in [0.29, 0.717) is 23.0 Å². The highest BCUT2D eigenvalue weighted by Gasteiger charge is 2.26. The lowest BCUT2D eigenvalue weighted by atomic mass is 9.94. The van der Waals surface area contributed by atoms with E-state index in [2.05, 4.69) is 11.8 Å². The van der Waals surface area contributed by atoms with E-state index in [-0.39, 0.29) is 16.7 Å². The van der Waals surface area contributed by atoms with Crippen LogP contribution >= 0.6 is 11.6 Å². The Labute approximate surface area is 117 Å². The number of nitrogens with two attached hydrogens (primary N) is 1. The van der Waals surface area contributed by atoms with Gasteiger partial charge in [-0.2, -0.15) is 0 Å². The van der Waals surface area contributed by atoms with Gasteiger partial charge in [0, 0.05) is 25.2 Å². The quantitative estimate of drug-likeness (QED) is 0.683. The molecule has 6 heteroatoms. The minimum atomic E-state index is -0.375. The Morgan fingerprint density at radius 2 is 2.32 bits per heavy atom. The van der Waals surface area contributed by atoms with Crippen molar-refractivity contribution in [2.75, 3.05) is 13.1 Å². The largest absolute Gasteiger partial charge is 0.327 e. The summed E-state index contributed by atoms with van der Waals surface area (Å²) in [5, 5.41) is 11.5. The van der Waals surface area contributed by atoms with Crippen molar-refractivity contribution >= 4 is 17.3 Å². The highest BCUT2D eigenvalue weighted by Crippen LogP contribution is 2.29. The molecule has 1 heterocycles. The summed E-state index contributed by atoms with van der Waals surface area (Å²) in [5.74, 6) is 0.398. The van der Waals surface area contributed by atoms with E-state index in [4.69, 9.17) is 17.3 Å². The molecule has 104 valence electrons. The number of nitrogens with zero attached hydrogens (tertiary/aromatic N) is 2. The Bertz CT molecular complexity index is 481. The highest BCUT2D eigenvalue weighted by atomic mass is 35.5. The summed E-state index contributed by atoms with van der Waals surface area (Å²) in [6, 6.07) is 5.03. The van der Waals surface area contributed by atoms with Crippen LogP contribution in [0.2, 0.25) is 5.02 Å². The van der Waals surface area contributed by atoms with Crippen molar-refractivity contribution in [3.05, 3.63) is 38.9 Å². The molecule has 1 aliphatic rings. The van der Waals surface area contributed by atoms with Gasteiger partial charge >= 0.3 is 0 Å². The fraction of sp³-hybridized carbons (Fsp3) is 0.538. The Morgan fingerprint density at radius 1 is 1.58 bits per heavy atom. The third-order valence-electron chi connectivity index (χ3n) is 3.73. The van der Waals surface area contributed by atoms with E-state index in [0.717, 1.165) is 19.5 Å². The molecule has 19 heavy (non-hydrogen) atoms. The minimum absolute atomic E-state index is 0.0926. The van der Waals surface area contributed by atoms with E-state index < -0.39 is 0 Å². The number of rotatable bonds is 3. The predicted octanol–water partition coefficient (Wildman–Crippen LogP) is 2.42. The second-order valence-electron chi connectivity index (χ2n) is 5.16. The predicted molar refractivity (Wildman–Crippen MR) is 75.1 cm³/mol. The molecule has 1 saturated heterocycles. The van der Waals surface area contributed by atoms with Crippen LogP contribution in [0, 0.1) is 16.0 Å². The zero-order valence-corrected chi connectivity index (χ0v) is 11.6. The standard InChI is InChI=1S/C13H18ClN3O2/c1-9-7-16(6-5-12(9)15)8-10-11(14)3-2-4-13(10)17(18)19/h2-4,9,12H,5-8,15H2,1H3. The third kappa shape index (κ3) is 3.23. The molecule has 2 rings (SSSR count). The number of likely N-dealkylation sites (tertiary alicyclic amines) is 1. The maximum absolute atomic E-state index is 11.0. The summed E-state index contributed by atoms with van der Waals surface area (Å²) < 4.78 is 0. The van der Waals surface area contributed by atoms with E-state index in [1.807, 2.05) is 0 Å². The van der Waals surface area contributed by atoms with Crippen LogP contribution in [0.4, 0.5) is 5.69 Å². The minimum Gasteiger partial charge on any atom is -0.327 e. The third-order valence-corrected chi connectivity index (χ3v) is 4.08. The topological polar surface area (TPSA) is 72.4 Å². The van der Waals surface area contributed by atoms with Crippen LogP contribution in [0.3, 0.4) is 0 Å². The molecule has 1 aliphatic heterocycles. The maximum atomic E-state index is 11.0. The number of halogens is 1. The fourth-order valence-electron chi connectivity index (χ4n) is 2.49. The first-order valence-electron chi connectivity index (χ1n) is 6.38. The van der Waals surface area contributed by atoms with Crippen molar-refractivity contribution < 1.29 is 4.92 Å². The summed E-state index contributed by atoms with van der Waals surface area (Å²) in [5.41, 5.74) is 6.67. The van der Waals surface area contributed by atoms with Crippen molar-refractivity contribution in [3.63, 3.8) is 0 Å². The first kappa shape index (κ1) is 14.2. The van der Waals surface area contributed by atoms with Gasteiger partial charge in [-0.15, -0.1) is 0 Å². The lowest BCUT2D eigenvalue weighted by Crippen LogP contribution is -2.45.